The summed E-state index contributed by atoms with van der Waals surface area (Å²) in [6.45, 7) is 8.83. The summed E-state index contributed by atoms with van der Waals surface area (Å²) in [4.78, 5) is 35.5. The van der Waals surface area contributed by atoms with E-state index in [1.165, 1.54) is 0 Å². The Balaban J connectivity index is 2.11. The van der Waals surface area contributed by atoms with Gasteiger partial charge in [-0.05, 0) is 68.7 Å². The molecule has 0 bridgehead atoms. The van der Waals surface area contributed by atoms with Gasteiger partial charge in [0.2, 0.25) is 0 Å². The molecule has 0 heterocycles. The summed E-state index contributed by atoms with van der Waals surface area (Å²) in [7, 11) is 0. The third-order valence-corrected chi connectivity index (χ3v) is 5.99. The number of carbonyl (C=O) groups excluding carboxylic acids is 3. The molecule has 0 radical (unpaired) electrons. The Morgan fingerprint density at radius 3 is 1.23 bits per heavy atom. The van der Waals surface area contributed by atoms with E-state index in [0.29, 0.717) is 12.8 Å². The van der Waals surface area contributed by atoms with Gasteiger partial charge in [-0.3, -0.25) is 14.4 Å². The monoisotopic (exact) mass is 406 g/mol. The molecule has 3 heteroatoms. The van der Waals surface area contributed by atoms with Crippen LogP contribution < -0.4 is 0 Å². The summed E-state index contributed by atoms with van der Waals surface area (Å²) in [6, 6.07) is 16.5. The second-order valence-corrected chi connectivity index (χ2v) is 8.79. The first kappa shape index (κ1) is 23.7. The first-order valence-corrected chi connectivity index (χ1v) is 10.8. The molecule has 3 nitrogen and oxygen atoms in total. The quantitative estimate of drug-likeness (QED) is 0.514. The number of rotatable bonds is 11. The SMILES string of the molecule is CC(=O)C(C)Cc1cccc(CC(Cc2cccc(CC(C)C(C)=O)c2)C(C)=O)c1. The minimum Gasteiger partial charge on any atom is -0.300 e. The van der Waals surface area contributed by atoms with E-state index in [4.69, 9.17) is 0 Å². The zero-order valence-corrected chi connectivity index (χ0v) is 18.9. The van der Waals surface area contributed by atoms with Crippen LogP contribution in [0.4, 0.5) is 0 Å². The van der Waals surface area contributed by atoms with Crippen molar-refractivity contribution in [2.24, 2.45) is 17.8 Å². The molecule has 0 aromatic heterocycles. The Labute approximate surface area is 180 Å². The Morgan fingerprint density at radius 1 is 0.600 bits per heavy atom. The van der Waals surface area contributed by atoms with Gasteiger partial charge in [0, 0.05) is 17.8 Å². The van der Waals surface area contributed by atoms with E-state index in [1.807, 2.05) is 38.1 Å². The number of hydrogen-bond donors (Lipinski definition) is 0. The molecule has 2 atom stereocenters. The van der Waals surface area contributed by atoms with Crippen molar-refractivity contribution in [2.75, 3.05) is 0 Å². The molecule has 30 heavy (non-hydrogen) atoms. The van der Waals surface area contributed by atoms with Crippen molar-refractivity contribution in [3.63, 3.8) is 0 Å². The molecule has 160 valence electrons. The van der Waals surface area contributed by atoms with Gasteiger partial charge in [0.25, 0.3) is 0 Å². The largest absolute Gasteiger partial charge is 0.300 e. The van der Waals surface area contributed by atoms with Gasteiger partial charge in [0.15, 0.2) is 0 Å². The second-order valence-electron chi connectivity index (χ2n) is 8.79. The second kappa shape index (κ2) is 11.0. The third-order valence-electron chi connectivity index (χ3n) is 5.99. The first-order chi connectivity index (χ1) is 14.2. The average molecular weight is 407 g/mol. The van der Waals surface area contributed by atoms with Crippen molar-refractivity contribution in [3.8, 4) is 0 Å². The molecular formula is C27H34O3. The molecule has 0 aliphatic heterocycles. The molecule has 0 aliphatic rings. The van der Waals surface area contributed by atoms with Gasteiger partial charge in [-0.1, -0.05) is 62.4 Å². The maximum absolute atomic E-state index is 12.4. The van der Waals surface area contributed by atoms with E-state index in [2.05, 4.69) is 24.3 Å². The lowest BCUT2D eigenvalue weighted by molar-refractivity contribution is -0.121. The van der Waals surface area contributed by atoms with E-state index < -0.39 is 0 Å². The minimum absolute atomic E-state index is 0.00369. The highest BCUT2D eigenvalue weighted by Crippen LogP contribution is 2.20. The predicted molar refractivity (Wildman–Crippen MR) is 122 cm³/mol. The third kappa shape index (κ3) is 7.37. The van der Waals surface area contributed by atoms with E-state index in [9.17, 15) is 14.4 Å². The fourth-order valence-corrected chi connectivity index (χ4v) is 3.69. The zero-order valence-electron chi connectivity index (χ0n) is 18.9. The van der Waals surface area contributed by atoms with Crippen molar-refractivity contribution >= 4 is 17.3 Å². The van der Waals surface area contributed by atoms with E-state index in [0.717, 1.165) is 35.1 Å². The van der Waals surface area contributed by atoms with Crippen LogP contribution in [-0.4, -0.2) is 17.3 Å². The highest BCUT2D eigenvalue weighted by molar-refractivity contribution is 5.79. The lowest BCUT2D eigenvalue weighted by Crippen LogP contribution is -2.17. The van der Waals surface area contributed by atoms with Gasteiger partial charge in [0.1, 0.15) is 17.3 Å². The maximum Gasteiger partial charge on any atom is 0.133 e. The molecular weight excluding hydrogens is 372 g/mol. The Morgan fingerprint density at radius 2 is 0.933 bits per heavy atom. The number of Topliss-reactive ketones (excluding diaryl/α,β-unsaturated/α-hetero) is 3. The predicted octanol–water partition coefficient (Wildman–Crippen LogP) is 5.21. The molecule has 0 fully saturated rings. The van der Waals surface area contributed by atoms with Crippen LogP contribution in [0.15, 0.2) is 48.5 Å². The summed E-state index contributed by atoms with van der Waals surface area (Å²) in [5.41, 5.74) is 4.53. The molecule has 0 N–H and O–H groups in total. The molecule has 0 amide bonds. The van der Waals surface area contributed by atoms with Gasteiger partial charge in [-0.15, -0.1) is 0 Å². The molecule has 2 aromatic carbocycles. The molecule has 2 aromatic rings. The van der Waals surface area contributed by atoms with Crippen LogP contribution in [0.1, 0.15) is 56.9 Å². The average Bonchev–Trinajstić information content (AvgIpc) is 2.67. The van der Waals surface area contributed by atoms with Gasteiger partial charge in [-0.25, -0.2) is 0 Å². The van der Waals surface area contributed by atoms with E-state index in [-0.39, 0.29) is 35.1 Å². The Kier molecular flexibility index (Phi) is 8.71. The van der Waals surface area contributed by atoms with Crippen molar-refractivity contribution in [2.45, 2.75) is 60.3 Å². The van der Waals surface area contributed by atoms with Gasteiger partial charge < -0.3 is 0 Å². The van der Waals surface area contributed by atoms with Crippen molar-refractivity contribution in [1.82, 2.24) is 0 Å². The number of carbonyl (C=O) groups is 3. The number of hydrogen-bond acceptors (Lipinski definition) is 3. The molecule has 2 unspecified atom stereocenters. The van der Waals surface area contributed by atoms with Crippen LogP contribution in [0, 0.1) is 17.8 Å². The van der Waals surface area contributed by atoms with Crippen LogP contribution >= 0.6 is 0 Å². The fraction of sp³-hybridized carbons (Fsp3) is 0.444. The van der Waals surface area contributed by atoms with Crippen LogP contribution in [0.25, 0.3) is 0 Å². The van der Waals surface area contributed by atoms with Gasteiger partial charge in [-0.2, -0.15) is 0 Å². The summed E-state index contributed by atoms with van der Waals surface area (Å²) in [6.07, 6.45) is 2.83. The topological polar surface area (TPSA) is 51.2 Å². The number of ketones is 3. The Hall–Kier alpha value is -2.55. The van der Waals surface area contributed by atoms with E-state index >= 15 is 0 Å². The van der Waals surface area contributed by atoms with Crippen molar-refractivity contribution in [1.29, 1.82) is 0 Å². The number of benzene rings is 2. The van der Waals surface area contributed by atoms with Gasteiger partial charge >= 0.3 is 0 Å². The zero-order chi connectivity index (χ0) is 22.3. The first-order valence-electron chi connectivity index (χ1n) is 10.8. The van der Waals surface area contributed by atoms with Gasteiger partial charge in [0.05, 0.1) is 0 Å². The summed E-state index contributed by atoms with van der Waals surface area (Å²) >= 11 is 0. The molecule has 0 saturated carbocycles. The van der Waals surface area contributed by atoms with Crippen LogP contribution in [0.5, 0.6) is 0 Å². The minimum atomic E-state index is -0.0917. The van der Waals surface area contributed by atoms with Crippen LogP contribution in [0.2, 0.25) is 0 Å². The van der Waals surface area contributed by atoms with Crippen LogP contribution in [0.3, 0.4) is 0 Å². The summed E-state index contributed by atoms with van der Waals surface area (Å²) in [5.74, 6) is 0.487. The lowest BCUT2D eigenvalue weighted by Gasteiger charge is -2.16. The Bertz CT molecular complexity index is 829. The standard InChI is InChI=1S/C27H34O3/c1-18(20(3)28)12-23-8-6-10-25(14-23)16-27(22(5)30)17-26-11-7-9-24(15-26)13-19(2)21(4)29/h6-11,14-15,18-19,27H,12-13,16-17H2,1-5H3. The molecule has 2 rings (SSSR count). The normalized spacial score (nSPS) is 14.0. The van der Waals surface area contributed by atoms with Crippen LogP contribution in [-0.2, 0) is 40.1 Å². The lowest BCUT2D eigenvalue weighted by atomic mass is 9.87. The maximum atomic E-state index is 12.4. The van der Waals surface area contributed by atoms with E-state index in [1.54, 1.807) is 20.8 Å². The smallest absolute Gasteiger partial charge is 0.133 e. The van der Waals surface area contributed by atoms with Crippen molar-refractivity contribution < 1.29 is 14.4 Å². The molecule has 0 spiro atoms. The fourth-order valence-electron chi connectivity index (χ4n) is 3.69. The summed E-state index contributed by atoms with van der Waals surface area (Å²) < 4.78 is 0. The molecule has 0 saturated heterocycles. The van der Waals surface area contributed by atoms with Crippen molar-refractivity contribution in [3.05, 3.63) is 70.8 Å². The highest BCUT2D eigenvalue weighted by atomic mass is 16.1. The summed E-state index contributed by atoms with van der Waals surface area (Å²) in [5, 5.41) is 0. The molecule has 0 aliphatic carbocycles. The highest BCUT2D eigenvalue weighted by Gasteiger charge is 2.17.